The minimum absolute atomic E-state index is 0.990. The third-order valence-electron chi connectivity index (χ3n) is 5.06. The van der Waals surface area contributed by atoms with Gasteiger partial charge in [-0.05, 0) is 46.5 Å². The summed E-state index contributed by atoms with van der Waals surface area (Å²) in [6.07, 6.45) is 5.76. The van der Waals surface area contributed by atoms with Crippen LogP contribution in [-0.2, 0) is 0 Å². The number of aromatic nitrogens is 3. The molecule has 3 nitrogen and oxygen atoms in total. The maximum atomic E-state index is 4.65. The molecule has 0 spiro atoms. The number of hydrogen-bond acceptors (Lipinski definition) is 2. The van der Waals surface area contributed by atoms with Crippen LogP contribution in [0.1, 0.15) is 0 Å². The molecule has 25 heavy (non-hydrogen) atoms. The van der Waals surface area contributed by atoms with E-state index >= 15 is 0 Å². The second kappa shape index (κ2) is 4.54. The lowest BCUT2D eigenvalue weighted by Crippen LogP contribution is -1.93. The third-order valence-corrected chi connectivity index (χ3v) is 5.06. The molecular weight excluding hydrogens is 306 g/mol. The van der Waals surface area contributed by atoms with E-state index in [-0.39, 0.29) is 0 Å². The van der Waals surface area contributed by atoms with Crippen LogP contribution >= 0.6 is 0 Å². The molecule has 0 saturated heterocycles. The highest BCUT2D eigenvalue weighted by Gasteiger charge is 2.13. The number of benzene rings is 3. The summed E-state index contributed by atoms with van der Waals surface area (Å²) in [5.41, 5.74) is 3.16. The van der Waals surface area contributed by atoms with Crippen LogP contribution in [0.15, 0.2) is 79.3 Å². The topological polar surface area (TPSA) is 30.2 Å². The molecule has 3 aromatic heterocycles. The molecular formula is C22H13N3. The Labute approximate surface area is 143 Å². The smallest absolute Gasteiger partial charge is 0.145 e. The molecule has 116 valence electrons. The van der Waals surface area contributed by atoms with Gasteiger partial charge in [0, 0.05) is 34.7 Å². The average Bonchev–Trinajstić information content (AvgIpc) is 3.16. The van der Waals surface area contributed by atoms with Crippen molar-refractivity contribution in [3.63, 3.8) is 0 Å². The molecule has 0 radical (unpaired) electrons. The van der Waals surface area contributed by atoms with Crippen LogP contribution in [0, 0.1) is 0 Å². The standard InChI is InChI=1S/C22H13N3/c1-2-5-15-13-19-18(12-14(15)4-1)16-7-8-20-17(6-3-9-23-20)21(16)25-11-10-24-22(19)25/h1-13H. The molecule has 0 aliphatic carbocycles. The first-order valence-corrected chi connectivity index (χ1v) is 8.35. The minimum atomic E-state index is 0.990. The summed E-state index contributed by atoms with van der Waals surface area (Å²) >= 11 is 0. The van der Waals surface area contributed by atoms with Crippen molar-refractivity contribution in [2.75, 3.05) is 0 Å². The lowest BCUT2D eigenvalue weighted by molar-refractivity contribution is 1.28. The van der Waals surface area contributed by atoms with E-state index in [9.17, 15) is 0 Å². The Morgan fingerprint density at radius 3 is 2.36 bits per heavy atom. The summed E-state index contributed by atoms with van der Waals surface area (Å²) < 4.78 is 2.19. The van der Waals surface area contributed by atoms with Gasteiger partial charge >= 0.3 is 0 Å². The van der Waals surface area contributed by atoms with Gasteiger partial charge in [-0.3, -0.25) is 9.38 Å². The Hall–Kier alpha value is -3.46. The maximum Gasteiger partial charge on any atom is 0.145 e. The Balaban J connectivity index is 2.00. The highest BCUT2D eigenvalue weighted by Crippen LogP contribution is 2.35. The van der Waals surface area contributed by atoms with Crippen LogP contribution in [0.25, 0.3) is 49.0 Å². The van der Waals surface area contributed by atoms with Gasteiger partial charge in [0.2, 0.25) is 0 Å². The van der Waals surface area contributed by atoms with E-state index in [1.165, 1.54) is 32.4 Å². The van der Waals surface area contributed by atoms with Gasteiger partial charge in [-0.25, -0.2) is 4.98 Å². The predicted octanol–water partition coefficient (Wildman–Crippen LogP) is 5.34. The fourth-order valence-corrected chi connectivity index (χ4v) is 3.95. The van der Waals surface area contributed by atoms with Crippen molar-refractivity contribution in [3.05, 3.63) is 79.3 Å². The van der Waals surface area contributed by atoms with E-state index in [0.29, 0.717) is 0 Å². The molecule has 6 rings (SSSR count). The first-order valence-electron chi connectivity index (χ1n) is 8.35. The van der Waals surface area contributed by atoms with Gasteiger partial charge in [-0.15, -0.1) is 0 Å². The largest absolute Gasteiger partial charge is 0.298 e. The molecule has 0 bridgehead atoms. The summed E-state index contributed by atoms with van der Waals surface area (Å²) in [5, 5.41) is 7.28. The van der Waals surface area contributed by atoms with Crippen LogP contribution in [-0.4, -0.2) is 14.4 Å². The third kappa shape index (κ3) is 1.64. The van der Waals surface area contributed by atoms with Crippen molar-refractivity contribution >= 4 is 49.0 Å². The summed E-state index contributed by atoms with van der Waals surface area (Å²) in [6.45, 7) is 0. The number of rotatable bonds is 0. The normalized spacial score (nSPS) is 12.0. The van der Waals surface area contributed by atoms with Crippen molar-refractivity contribution < 1.29 is 0 Å². The number of hydrogen-bond donors (Lipinski definition) is 0. The molecule has 0 aliphatic heterocycles. The van der Waals surface area contributed by atoms with Gasteiger partial charge in [0.05, 0.1) is 11.0 Å². The van der Waals surface area contributed by atoms with Gasteiger partial charge in [0.15, 0.2) is 0 Å². The van der Waals surface area contributed by atoms with Crippen molar-refractivity contribution in [2.45, 2.75) is 0 Å². The van der Waals surface area contributed by atoms with Crippen LogP contribution in [0.3, 0.4) is 0 Å². The zero-order valence-corrected chi connectivity index (χ0v) is 13.3. The molecule has 0 unspecified atom stereocenters. The van der Waals surface area contributed by atoms with Crippen molar-refractivity contribution in [2.24, 2.45) is 0 Å². The number of pyridine rings is 2. The first kappa shape index (κ1) is 12.9. The summed E-state index contributed by atoms with van der Waals surface area (Å²) in [7, 11) is 0. The van der Waals surface area contributed by atoms with Gasteiger partial charge < -0.3 is 0 Å². The molecule has 3 heteroatoms. The van der Waals surface area contributed by atoms with Gasteiger partial charge in [-0.1, -0.05) is 30.3 Å². The first-order chi connectivity index (χ1) is 12.4. The SMILES string of the molecule is c1ccc2cc3c(cc2c1)c1ccc2ncccc2c1n1ccnc31. The molecule has 0 atom stereocenters. The van der Waals surface area contributed by atoms with E-state index in [1.807, 2.05) is 24.7 Å². The number of nitrogens with zero attached hydrogens (tertiary/aromatic N) is 3. The molecule has 0 amide bonds. The summed E-state index contributed by atoms with van der Waals surface area (Å²) in [6, 6.07) is 21.4. The Bertz CT molecular complexity index is 1440. The van der Waals surface area contributed by atoms with E-state index in [0.717, 1.165) is 16.6 Å². The molecule has 0 fully saturated rings. The molecule has 0 saturated carbocycles. The summed E-state index contributed by atoms with van der Waals surface area (Å²) in [5.74, 6) is 0. The van der Waals surface area contributed by atoms with Gasteiger partial charge in [-0.2, -0.15) is 0 Å². The zero-order valence-electron chi connectivity index (χ0n) is 13.3. The summed E-state index contributed by atoms with van der Waals surface area (Å²) in [4.78, 5) is 9.17. The quantitative estimate of drug-likeness (QED) is 0.279. The zero-order chi connectivity index (χ0) is 16.4. The lowest BCUT2D eigenvalue weighted by atomic mass is 9.99. The highest BCUT2D eigenvalue weighted by atomic mass is 15.0. The average molecular weight is 319 g/mol. The van der Waals surface area contributed by atoms with E-state index in [1.54, 1.807) is 0 Å². The van der Waals surface area contributed by atoms with E-state index < -0.39 is 0 Å². The second-order valence-electron chi connectivity index (χ2n) is 6.40. The predicted molar refractivity (Wildman–Crippen MR) is 103 cm³/mol. The van der Waals surface area contributed by atoms with Gasteiger partial charge in [0.25, 0.3) is 0 Å². The Morgan fingerprint density at radius 2 is 1.48 bits per heavy atom. The van der Waals surface area contributed by atoms with E-state index in [4.69, 9.17) is 0 Å². The van der Waals surface area contributed by atoms with Crippen LogP contribution in [0.5, 0.6) is 0 Å². The molecule has 6 aromatic rings. The van der Waals surface area contributed by atoms with Gasteiger partial charge in [0.1, 0.15) is 5.65 Å². The Kier molecular flexibility index (Phi) is 2.35. The van der Waals surface area contributed by atoms with Crippen molar-refractivity contribution in [1.29, 1.82) is 0 Å². The lowest BCUT2D eigenvalue weighted by Gasteiger charge is -2.12. The van der Waals surface area contributed by atoms with Crippen LogP contribution in [0.4, 0.5) is 0 Å². The van der Waals surface area contributed by atoms with Crippen LogP contribution in [0.2, 0.25) is 0 Å². The highest BCUT2D eigenvalue weighted by molar-refractivity contribution is 6.20. The van der Waals surface area contributed by atoms with Crippen molar-refractivity contribution in [3.8, 4) is 0 Å². The molecule has 3 aromatic carbocycles. The second-order valence-corrected chi connectivity index (χ2v) is 6.40. The number of imidazole rings is 1. The Morgan fingerprint density at radius 1 is 0.640 bits per heavy atom. The van der Waals surface area contributed by atoms with Crippen molar-refractivity contribution in [1.82, 2.24) is 14.4 Å². The molecule has 0 N–H and O–H groups in total. The fourth-order valence-electron chi connectivity index (χ4n) is 3.95. The minimum Gasteiger partial charge on any atom is -0.298 e. The van der Waals surface area contributed by atoms with Crippen LogP contribution < -0.4 is 0 Å². The number of fused-ring (bicyclic) bond motifs is 9. The molecule has 0 aliphatic rings. The monoisotopic (exact) mass is 319 g/mol. The molecule has 3 heterocycles. The maximum absolute atomic E-state index is 4.65. The van der Waals surface area contributed by atoms with E-state index in [2.05, 4.69) is 69.0 Å². The fraction of sp³-hybridized carbons (Fsp3) is 0.